The quantitative estimate of drug-likeness (QED) is 0.670. The van der Waals surface area contributed by atoms with Crippen LogP contribution in [0.3, 0.4) is 0 Å². The second-order valence-corrected chi connectivity index (χ2v) is 4.01. The van der Waals surface area contributed by atoms with Gasteiger partial charge < -0.3 is 20.8 Å². The molecule has 0 bridgehead atoms. The first-order chi connectivity index (χ1) is 8.81. The van der Waals surface area contributed by atoms with Gasteiger partial charge in [-0.2, -0.15) is 0 Å². The molecule has 0 aliphatic heterocycles. The maximum atomic E-state index is 11.1. The number of amides is 1. The largest absolute Gasteiger partial charge is 0.480 e. The first-order valence-electron chi connectivity index (χ1n) is 5.40. The van der Waals surface area contributed by atoms with Gasteiger partial charge in [-0.3, -0.25) is 14.4 Å². The van der Waals surface area contributed by atoms with Crippen LogP contribution in [-0.4, -0.2) is 41.1 Å². The minimum absolute atomic E-state index is 0.314. The van der Waals surface area contributed by atoms with Crippen LogP contribution in [0.1, 0.15) is 15.9 Å². The van der Waals surface area contributed by atoms with Gasteiger partial charge in [-0.1, -0.05) is 0 Å². The number of carboxylic acid groups (broad SMARTS) is 2. The van der Waals surface area contributed by atoms with E-state index >= 15 is 0 Å². The number of aryl methyl sites for hydroxylation is 1. The zero-order chi connectivity index (χ0) is 14.6. The van der Waals surface area contributed by atoms with Gasteiger partial charge in [-0.05, 0) is 30.7 Å². The molecule has 7 heteroatoms. The van der Waals surface area contributed by atoms with Crippen molar-refractivity contribution in [3.05, 3.63) is 29.3 Å². The van der Waals surface area contributed by atoms with Gasteiger partial charge >= 0.3 is 11.9 Å². The predicted molar refractivity (Wildman–Crippen MR) is 67.2 cm³/mol. The van der Waals surface area contributed by atoms with E-state index in [2.05, 4.69) is 0 Å². The number of primary amides is 1. The summed E-state index contributed by atoms with van der Waals surface area (Å²) in [5, 5.41) is 17.5. The molecule has 4 N–H and O–H groups in total. The number of carboxylic acids is 2. The minimum atomic E-state index is -1.14. The number of nitrogens with zero attached hydrogens (tertiary/aromatic N) is 1. The van der Waals surface area contributed by atoms with E-state index in [1.165, 1.54) is 23.1 Å². The Balaban J connectivity index is 3.08. The Kier molecular flexibility index (Phi) is 4.46. The van der Waals surface area contributed by atoms with E-state index in [0.717, 1.165) is 0 Å². The lowest BCUT2D eigenvalue weighted by molar-refractivity contribution is -0.136. The van der Waals surface area contributed by atoms with Crippen molar-refractivity contribution in [1.29, 1.82) is 0 Å². The molecule has 19 heavy (non-hydrogen) atoms. The number of hydrogen-bond donors (Lipinski definition) is 3. The van der Waals surface area contributed by atoms with Crippen LogP contribution in [0.15, 0.2) is 18.2 Å². The molecule has 0 atom stereocenters. The normalized spacial score (nSPS) is 9.95. The molecule has 0 fully saturated rings. The molecule has 1 aromatic rings. The van der Waals surface area contributed by atoms with Crippen molar-refractivity contribution in [2.24, 2.45) is 5.73 Å². The summed E-state index contributed by atoms with van der Waals surface area (Å²) in [7, 11) is 0. The molecular weight excluding hydrogens is 252 g/mol. The van der Waals surface area contributed by atoms with E-state index in [9.17, 15) is 14.4 Å². The molecule has 102 valence electrons. The van der Waals surface area contributed by atoms with Crippen LogP contribution >= 0.6 is 0 Å². The number of rotatable bonds is 6. The lowest BCUT2D eigenvalue weighted by Gasteiger charge is -2.21. The Bertz CT molecular complexity index is 511. The predicted octanol–water partition coefficient (Wildman–Crippen LogP) is 0.0695. The van der Waals surface area contributed by atoms with E-state index in [0.29, 0.717) is 16.8 Å². The van der Waals surface area contributed by atoms with Crippen LogP contribution in [0.4, 0.5) is 5.69 Å². The van der Waals surface area contributed by atoms with Crippen molar-refractivity contribution in [2.45, 2.75) is 6.92 Å². The van der Waals surface area contributed by atoms with E-state index in [1.807, 2.05) is 0 Å². The zero-order valence-electron chi connectivity index (χ0n) is 10.3. The number of aliphatic carboxylic acids is 2. The highest BCUT2D eigenvalue weighted by Crippen LogP contribution is 2.19. The summed E-state index contributed by atoms with van der Waals surface area (Å²) >= 11 is 0. The third kappa shape index (κ3) is 3.98. The molecule has 1 amide bonds. The zero-order valence-corrected chi connectivity index (χ0v) is 10.3. The van der Waals surface area contributed by atoms with Crippen molar-refractivity contribution < 1.29 is 24.6 Å². The first-order valence-corrected chi connectivity index (χ1v) is 5.40. The lowest BCUT2D eigenvalue weighted by Crippen LogP contribution is -2.34. The van der Waals surface area contributed by atoms with Gasteiger partial charge in [0.15, 0.2) is 0 Å². The lowest BCUT2D eigenvalue weighted by atomic mass is 10.1. The maximum absolute atomic E-state index is 11.1. The van der Waals surface area contributed by atoms with Crippen molar-refractivity contribution in [2.75, 3.05) is 18.0 Å². The fraction of sp³-hybridized carbons (Fsp3) is 0.250. The third-order valence-electron chi connectivity index (χ3n) is 2.49. The summed E-state index contributed by atoms with van der Waals surface area (Å²) in [5.74, 6) is -2.87. The van der Waals surface area contributed by atoms with Crippen LogP contribution in [-0.2, 0) is 9.59 Å². The highest BCUT2D eigenvalue weighted by atomic mass is 16.4. The molecule has 1 rings (SSSR count). The van der Waals surface area contributed by atoms with Crippen LogP contribution < -0.4 is 10.6 Å². The molecule has 0 aliphatic carbocycles. The molecule has 0 spiro atoms. The molecule has 0 aromatic heterocycles. The van der Waals surface area contributed by atoms with Gasteiger partial charge in [0.05, 0.1) is 0 Å². The monoisotopic (exact) mass is 266 g/mol. The van der Waals surface area contributed by atoms with E-state index < -0.39 is 30.9 Å². The standard InChI is InChI=1S/C12H14N2O5/c1-7-4-8(2-3-9(7)12(13)19)14(5-10(15)16)6-11(17)18/h2-4H,5-6H2,1H3,(H2,13,19)(H,15,16)(H,17,18). The second kappa shape index (κ2) is 5.85. The molecule has 0 radical (unpaired) electrons. The smallest absolute Gasteiger partial charge is 0.323 e. The van der Waals surface area contributed by atoms with Crippen molar-refractivity contribution in [3.63, 3.8) is 0 Å². The summed E-state index contributed by atoms with van der Waals surface area (Å²) in [6.45, 7) is 0.757. The number of carbonyl (C=O) groups excluding carboxylic acids is 1. The Hall–Kier alpha value is -2.57. The number of carbonyl (C=O) groups is 3. The number of benzene rings is 1. The highest BCUT2D eigenvalue weighted by Gasteiger charge is 2.15. The Labute approximate surface area is 109 Å². The average Bonchev–Trinajstić information content (AvgIpc) is 2.26. The first kappa shape index (κ1) is 14.5. The highest BCUT2D eigenvalue weighted by molar-refractivity contribution is 5.95. The average molecular weight is 266 g/mol. The molecule has 0 saturated carbocycles. The SMILES string of the molecule is Cc1cc(N(CC(=O)O)CC(=O)O)ccc1C(N)=O. The van der Waals surface area contributed by atoms with Gasteiger partial charge in [0.25, 0.3) is 0 Å². The third-order valence-corrected chi connectivity index (χ3v) is 2.49. The van der Waals surface area contributed by atoms with Crippen LogP contribution in [0.2, 0.25) is 0 Å². The van der Waals surface area contributed by atoms with E-state index in [-0.39, 0.29) is 0 Å². The summed E-state index contributed by atoms with van der Waals surface area (Å²) in [5.41, 5.74) is 6.45. The Morgan fingerprint density at radius 2 is 1.68 bits per heavy atom. The number of hydrogen-bond acceptors (Lipinski definition) is 4. The number of nitrogens with two attached hydrogens (primary N) is 1. The molecular formula is C12H14N2O5. The summed E-state index contributed by atoms with van der Waals surface area (Å²) < 4.78 is 0. The summed E-state index contributed by atoms with van der Waals surface area (Å²) in [6.07, 6.45) is 0. The molecule has 1 aromatic carbocycles. The second-order valence-electron chi connectivity index (χ2n) is 4.01. The summed E-state index contributed by atoms with van der Waals surface area (Å²) in [6, 6.07) is 4.45. The van der Waals surface area contributed by atoms with E-state index in [4.69, 9.17) is 15.9 Å². The fourth-order valence-corrected chi connectivity index (χ4v) is 1.69. The molecule has 7 nitrogen and oxygen atoms in total. The van der Waals surface area contributed by atoms with Gasteiger partial charge in [0.2, 0.25) is 5.91 Å². The van der Waals surface area contributed by atoms with Gasteiger partial charge in [-0.15, -0.1) is 0 Å². The Morgan fingerprint density at radius 1 is 1.16 bits per heavy atom. The van der Waals surface area contributed by atoms with Crippen molar-refractivity contribution >= 4 is 23.5 Å². The van der Waals surface area contributed by atoms with Gasteiger partial charge in [0.1, 0.15) is 13.1 Å². The topological polar surface area (TPSA) is 121 Å². The molecule has 0 saturated heterocycles. The molecule has 0 heterocycles. The van der Waals surface area contributed by atoms with Gasteiger partial charge in [-0.25, -0.2) is 0 Å². The fourth-order valence-electron chi connectivity index (χ4n) is 1.69. The van der Waals surface area contributed by atoms with Crippen LogP contribution in [0, 0.1) is 6.92 Å². The molecule has 0 aliphatic rings. The summed E-state index contributed by atoms with van der Waals surface area (Å²) in [4.78, 5) is 33.7. The van der Waals surface area contributed by atoms with Gasteiger partial charge in [0, 0.05) is 11.3 Å². The Morgan fingerprint density at radius 3 is 2.05 bits per heavy atom. The minimum Gasteiger partial charge on any atom is -0.480 e. The number of anilines is 1. The van der Waals surface area contributed by atoms with Crippen LogP contribution in [0.5, 0.6) is 0 Å². The molecule has 0 unspecified atom stereocenters. The maximum Gasteiger partial charge on any atom is 0.323 e. The van der Waals surface area contributed by atoms with Crippen LogP contribution in [0.25, 0.3) is 0 Å². The van der Waals surface area contributed by atoms with E-state index in [1.54, 1.807) is 6.92 Å². The van der Waals surface area contributed by atoms with Crippen molar-refractivity contribution in [3.8, 4) is 0 Å². The van der Waals surface area contributed by atoms with Crippen molar-refractivity contribution in [1.82, 2.24) is 0 Å².